The zero-order chi connectivity index (χ0) is 23.4. The molecule has 0 unspecified atom stereocenters. The fourth-order valence-corrected chi connectivity index (χ4v) is 4.05. The smallest absolute Gasteiger partial charge is 0.408 e. The Morgan fingerprint density at radius 2 is 1.81 bits per heavy atom. The molecule has 2 rings (SSSR count). The molecule has 7 nitrogen and oxygen atoms in total. The minimum absolute atomic E-state index is 0.0630. The maximum absolute atomic E-state index is 13.5. The molecule has 2 fully saturated rings. The van der Waals surface area contributed by atoms with Crippen LogP contribution in [-0.4, -0.2) is 54.2 Å². The molecule has 27 heavy (non-hydrogen) atoms. The number of hydrogen-bond donors (Lipinski definition) is 1. The topological polar surface area (TPSA) is 84.9 Å². The van der Waals surface area contributed by atoms with Crippen molar-refractivity contribution in [2.75, 3.05) is 13.7 Å². The van der Waals surface area contributed by atoms with Crippen LogP contribution in [0.5, 0.6) is 0 Å². The van der Waals surface area contributed by atoms with Gasteiger partial charge in [-0.1, -0.05) is 34.5 Å². The number of fused-ring (bicyclic) bond motifs is 1. The molecule has 1 aliphatic heterocycles. The van der Waals surface area contributed by atoms with Crippen LogP contribution in [0.2, 0.25) is 0 Å². The maximum atomic E-state index is 13.5. The number of hydrogen-bond acceptors (Lipinski definition) is 5. The SMILES string of the molecule is [2H]C([2H])([2H])C(C)(C)[C@H](NC(=O)OC(C)(C)C)C(=O)N1C[C@H]2[C@@H]([C@H]1C(=O)OC)C2(C)C. The first-order valence-electron chi connectivity index (χ1n) is 10.7. The molecule has 4 atom stereocenters. The average molecular weight is 386 g/mol. The van der Waals surface area contributed by atoms with Crippen molar-refractivity contribution in [3.63, 3.8) is 0 Å². The highest BCUT2D eigenvalue weighted by molar-refractivity contribution is 5.91. The lowest BCUT2D eigenvalue weighted by atomic mass is 9.85. The number of ether oxygens (including phenoxy) is 2. The Kier molecular flexibility index (Phi) is 4.28. The van der Waals surface area contributed by atoms with Crippen molar-refractivity contribution in [1.29, 1.82) is 0 Å². The van der Waals surface area contributed by atoms with E-state index < -0.39 is 47.9 Å². The van der Waals surface area contributed by atoms with E-state index in [1.165, 1.54) is 25.9 Å². The van der Waals surface area contributed by atoms with Crippen molar-refractivity contribution >= 4 is 18.0 Å². The number of nitrogens with zero attached hydrogens (tertiary/aromatic N) is 1. The quantitative estimate of drug-likeness (QED) is 0.755. The lowest BCUT2D eigenvalue weighted by Gasteiger charge is -2.37. The zero-order valence-corrected chi connectivity index (χ0v) is 17.5. The summed E-state index contributed by atoms with van der Waals surface area (Å²) in [5, 5.41) is 2.46. The molecule has 1 aliphatic carbocycles. The van der Waals surface area contributed by atoms with E-state index in [1.54, 1.807) is 20.8 Å². The van der Waals surface area contributed by atoms with E-state index in [9.17, 15) is 14.4 Å². The minimum atomic E-state index is -2.55. The highest BCUT2D eigenvalue weighted by Gasteiger charge is 2.70. The van der Waals surface area contributed by atoms with Crippen LogP contribution in [0.1, 0.15) is 59.4 Å². The van der Waals surface area contributed by atoms with Gasteiger partial charge in [0.1, 0.15) is 17.7 Å². The van der Waals surface area contributed by atoms with Gasteiger partial charge in [-0.3, -0.25) is 4.79 Å². The number of esters is 1. The summed E-state index contributed by atoms with van der Waals surface area (Å²) >= 11 is 0. The van der Waals surface area contributed by atoms with Crippen LogP contribution in [-0.2, 0) is 19.1 Å². The molecule has 7 heteroatoms. The molecular weight excluding hydrogens is 348 g/mol. The Morgan fingerprint density at radius 3 is 2.30 bits per heavy atom. The molecule has 0 spiro atoms. The first-order chi connectivity index (χ1) is 13.4. The van der Waals surface area contributed by atoms with Crippen LogP contribution in [0, 0.1) is 22.7 Å². The molecule has 0 bridgehead atoms. The molecule has 2 amide bonds. The molecule has 0 aromatic carbocycles. The summed E-state index contributed by atoms with van der Waals surface area (Å²) in [7, 11) is 1.26. The molecule has 0 radical (unpaired) electrons. The van der Waals surface area contributed by atoms with Crippen LogP contribution < -0.4 is 5.32 Å². The van der Waals surface area contributed by atoms with E-state index in [4.69, 9.17) is 13.6 Å². The van der Waals surface area contributed by atoms with Gasteiger partial charge in [0.2, 0.25) is 5.91 Å². The predicted octanol–water partition coefficient (Wildman–Crippen LogP) is 2.58. The fourth-order valence-electron chi connectivity index (χ4n) is 4.05. The van der Waals surface area contributed by atoms with E-state index in [0.717, 1.165) is 0 Å². The van der Waals surface area contributed by atoms with Gasteiger partial charge < -0.3 is 19.7 Å². The largest absolute Gasteiger partial charge is 0.467 e. The summed E-state index contributed by atoms with van der Waals surface area (Å²) in [5.41, 5.74) is -2.54. The third kappa shape index (κ3) is 4.22. The van der Waals surface area contributed by atoms with E-state index in [-0.39, 0.29) is 17.3 Å². The molecule has 1 saturated carbocycles. The molecule has 2 aliphatic rings. The first-order valence-corrected chi connectivity index (χ1v) is 9.24. The van der Waals surface area contributed by atoms with Crippen molar-refractivity contribution in [2.45, 2.75) is 73.0 Å². The van der Waals surface area contributed by atoms with Crippen molar-refractivity contribution in [1.82, 2.24) is 10.2 Å². The highest BCUT2D eigenvalue weighted by atomic mass is 16.6. The van der Waals surface area contributed by atoms with Crippen molar-refractivity contribution in [2.24, 2.45) is 22.7 Å². The van der Waals surface area contributed by atoms with Gasteiger partial charge in [0, 0.05) is 16.6 Å². The lowest BCUT2D eigenvalue weighted by molar-refractivity contribution is -0.154. The number of piperidine rings is 1. The highest BCUT2D eigenvalue weighted by Crippen LogP contribution is 2.65. The van der Waals surface area contributed by atoms with Gasteiger partial charge in [-0.2, -0.15) is 0 Å². The third-order valence-corrected chi connectivity index (χ3v) is 5.56. The lowest BCUT2D eigenvalue weighted by Crippen LogP contribution is -2.58. The second-order valence-electron chi connectivity index (χ2n) is 9.71. The Labute approximate surface area is 166 Å². The fraction of sp³-hybridized carbons (Fsp3) is 0.850. The van der Waals surface area contributed by atoms with Crippen LogP contribution >= 0.6 is 0 Å². The second kappa shape index (κ2) is 6.67. The van der Waals surface area contributed by atoms with Gasteiger partial charge in [-0.15, -0.1) is 0 Å². The van der Waals surface area contributed by atoms with Gasteiger partial charge in [0.25, 0.3) is 0 Å². The number of methoxy groups -OCH3 is 1. The van der Waals surface area contributed by atoms with Crippen LogP contribution in [0.25, 0.3) is 0 Å². The van der Waals surface area contributed by atoms with E-state index in [0.29, 0.717) is 6.54 Å². The third-order valence-electron chi connectivity index (χ3n) is 5.56. The molecule has 1 N–H and O–H groups in total. The van der Waals surface area contributed by atoms with Gasteiger partial charge in [0.15, 0.2) is 0 Å². The second-order valence-corrected chi connectivity index (χ2v) is 9.71. The maximum Gasteiger partial charge on any atom is 0.408 e. The number of alkyl carbamates (subject to hydrolysis) is 1. The van der Waals surface area contributed by atoms with Crippen molar-refractivity contribution in [3.05, 3.63) is 0 Å². The van der Waals surface area contributed by atoms with Gasteiger partial charge in [-0.05, 0) is 37.5 Å². The molecule has 1 heterocycles. The zero-order valence-electron chi connectivity index (χ0n) is 20.5. The van der Waals surface area contributed by atoms with Gasteiger partial charge in [-0.25, -0.2) is 9.59 Å². The van der Waals surface area contributed by atoms with Gasteiger partial charge >= 0.3 is 12.1 Å². The van der Waals surface area contributed by atoms with Crippen molar-refractivity contribution in [3.8, 4) is 0 Å². The summed E-state index contributed by atoms with van der Waals surface area (Å²) in [5.74, 6) is -1.11. The summed E-state index contributed by atoms with van der Waals surface area (Å²) < 4.78 is 33.9. The summed E-state index contributed by atoms with van der Waals surface area (Å²) in [4.78, 5) is 39.8. The number of amides is 2. The molecule has 0 aromatic rings. The predicted molar refractivity (Wildman–Crippen MR) is 101 cm³/mol. The average Bonchev–Trinajstić information content (AvgIpc) is 2.92. The van der Waals surface area contributed by atoms with Crippen LogP contribution in [0.3, 0.4) is 0 Å². The van der Waals surface area contributed by atoms with Gasteiger partial charge in [0.05, 0.1) is 7.11 Å². The standard InChI is InChI=1S/C20H34N2O5/c1-18(2,3)14(21-17(25)27-19(4,5)6)15(23)22-10-11-12(20(11,7)8)13(22)16(24)26-9/h11-14H,10H2,1-9H3,(H,21,25)/t11-,12-,13-,14+/m0/s1/i1D3. The molecule has 1 saturated heterocycles. The van der Waals surface area contributed by atoms with Crippen molar-refractivity contribution < 1.29 is 28.0 Å². The summed E-state index contributed by atoms with van der Waals surface area (Å²) in [6, 6.07) is -2.22. The Bertz CT molecular complexity index is 727. The van der Waals surface area contributed by atoms with Crippen LogP contribution in [0.4, 0.5) is 4.79 Å². The monoisotopic (exact) mass is 385 g/mol. The van der Waals surface area contributed by atoms with E-state index in [2.05, 4.69) is 5.32 Å². The Morgan fingerprint density at radius 1 is 1.22 bits per heavy atom. The number of carbonyl (C=O) groups excluding carboxylic acids is 3. The molecule has 0 aromatic heterocycles. The Balaban J connectivity index is 2.37. The minimum Gasteiger partial charge on any atom is -0.467 e. The number of likely N-dealkylation sites (tertiary alicyclic amines) is 1. The number of rotatable bonds is 3. The number of nitrogens with one attached hydrogen (secondary N) is 1. The summed E-state index contributed by atoms with van der Waals surface area (Å²) in [6.07, 6.45) is -0.891. The molecular formula is C20H34N2O5. The summed E-state index contributed by atoms with van der Waals surface area (Å²) in [6.45, 7) is 9.61. The van der Waals surface area contributed by atoms with E-state index in [1.807, 2.05) is 13.8 Å². The first kappa shape index (κ1) is 17.3. The van der Waals surface area contributed by atoms with Crippen LogP contribution in [0.15, 0.2) is 0 Å². The van der Waals surface area contributed by atoms with E-state index >= 15 is 0 Å². The molecule has 154 valence electrons. The number of carbonyl (C=O) groups is 3. The normalized spacial score (nSPS) is 29.6. The Hall–Kier alpha value is -1.79.